The first-order chi connectivity index (χ1) is 11.0. The van der Waals surface area contributed by atoms with Crippen molar-refractivity contribution >= 4 is 45.6 Å². The summed E-state index contributed by atoms with van der Waals surface area (Å²) >= 11 is 13.1. The van der Waals surface area contributed by atoms with Crippen molar-refractivity contribution in [2.75, 3.05) is 5.32 Å². The lowest BCUT2D eigenvalue weighted by Crippen LogP contribution is -2.11. The summed E-state index contributed by atoms with van der Waals surface area (Å²) in [5.74, 6) is -0.332. The summed E-state index contributed by atoms with van der Waals surface area (Å²) in [6.45, 7) is 2.00. The number of nitrogens with zero attached hydrogens (tertiary/aromatic N) is 2. The Hall–Kier alpha value is -1.95. The van der Waals surface area contributed by atoms with Crippen LogP contribution in [-0.2, 0) is 0 Å². The standard InChI is InChI=1S/C16H11Cl2N3OS/c1-9-4-2-3-5-13(9)15-20-21-16(23-15)19-14(22)10-6-11(17)8-12(18)7-10/h2-8H,1H3,(H,19,21,22). The molecule has 0 radical (unpaired) electrons. The van der Waals surface area contributed by atoms with Gasteiger partial charge in [-0.05, 0) is 30.7 Å². The maximum absolute atomic E-state index is 12.2. The third-order valence-corrected chi connectivity index (χ3v) is 4.45. The number of benzene rings is 2. The van der Waals surface area contributed by atoms with Crippen molar-refractivity contribution < 1.29 is 4.79 Å². The molecule has 0 aliphatic rings. The summed E-state index contributed by atoms with van der Waals surface area (Å²) in [6.07, 6.45) is 0. The minimum atomic E-state index is -0.332. The summed E-state index contributed by atoms with van der Waals surface area (Å²) < 4.78 is 0. The highest BCUT2D eigenvalue weighted by Gasteiger charge is 2.13. The van der Waals surface area contributed by atoms with Crippen LogP contribution in [0.2, 0.25) is 10.0 Å². The lowest BCUT2D eigenvalue weighted by molar-refractivity contribution is 0.102. The third-order valence-electron chi connectivity index (χ3n) is 3.15. The average molecular weight is 364 g/mol. The normalized spacial score (nSPS) is 10.6. The molecular formula is C16H11Cl2N3OS. The summed E-state index contributed by atoms with van der Waals surface area (Å²) in [4.78, 5) is 12.2. The molecule has 3 rings (SSSR count). The zero-order valence-corrected chi connectivity index (χ0v) is 14.3. The second kappa shape index (κ2) is 6.66. The Morgan fingerprint density at radius 3 is 2.48 bits per heavy atom. The number of hydrogen-bond acceptors (Lipinski definition) is 4. The Balaban J connectivity index is 1.82. The number of anilines is 1. The highest BCUT2D eigenvalue weighted by atomic mass is 35.5. The first kappa shape index (κ1) is 15.9. The van der Waals surface area contributed by atoms with Gasteiger partial charge in [-0.3, -0.25) is 10.1 Å². The van der Waals surface area contributed by atoms with Crippen molar-refractivity contribution in [1.82, 2.24) is 10.2 Å². The van der Waals surface area contributed by atoms with Gasteiger partial charge in [-0.15, -0.1) is 10.2 Å². The van der Waals surface area contributed by atoms with Crippen LogP contribution in [-0.4, -0.2) is 16.1 Å². The van der Waals surface area contributed by atoms with Gasteiger partial charge in [-0.25, -0.2) is 0 Å². The number of carbonyl (C=O) groups is 1. The highest BCUT2D eigenvalue weighted by molar-refractivity contribution is 7.18. The van der Waals surface area contributed by atoms with Crippen molar-refractivity contribution in [1.29, 1.82) is 0 Å². The molecule has 0 fully saturated rings. The third kappa shape index (κ3) is 3.69. The molecule has 23 heavy (non-hydrogen) atoms. The number of halogens is 2. The Morgan fingerprint density at radius 1 is 1.09 bits per heavy atom. The topological polar surface area (TPSA) is 54.9 Å². The molecule has 0 saturated heterocycles. The van der Waals surface area contributed by atoms with Gasteiger partial charge in [0.25, 0.3) is 5.91 Å². The van der Waals surface area contributed by atoms with Crippen LogP contribution in [0.25, 0.3) is 10.6 Å². The number of hydrogen-bond donors (Lipinski definition) is 1. The van der Waals surface area contributed by atoms with Crippen LogP contribution in [0.4, 0.5) is 5.13 Å². The molecule has 4 nitrogen and oxygen atoms in total. The lowest BCUT2D eigenvalue weighted by Gasteiger charge is -2.02. The Morgan fingerprint density at radius 2 is 1.78 bits per heavy atom. The van der Waals surface area contributed by atoms with E-state index in [1.807, 2.05) is 31.2 Å². The molecule has 1 aromatic heterocycles. The lowest BCUT2D eigenvalue weighted by atomic mass is 10.1. The van der Waals surface area contributed by atoms with Gasteiger partial charge >= 0.3 is 0 Å². The molecule has 0 atom stereocenters. The predicted octanol–water partition coefficient (Wildman–Crippen LogP) is 5.07. The molecule has 1 amide bonds. The number of amides is 1. The van der Waals surface area contributed by atoms with Crippen LogP contribution in [0.5, 0.6) is 0 Å². The van der Waals surface area contributed by atoms with E-state index in [0.29, 0.717) is 20.7 Å². The van der Waals surface area contributed by atoms with Gasteiger partial charge in [0.1, 0.15) is 5.01 Å². The van der Waals surface area contributed by atoms with Crippen LogP contribution in [0.15, 0.2) is 42.5 Å². The second-order valence-corrected chi connectivity index (χ2v) is 6.69. The van der Waals surface area contributed by atoms with Crippen LogP contribution < -0.4 is 5.32 Å². The summed E-state index contributed by atoms with van der Waals surface area (Å²) in [7, 11) is 0. The smallest absolute Gasteiger partial charge is 0.257 e. The van der Waals surface area contributed by atoms with E-state index in [2.05, 4.69) is 15.5 Å². The molecule has 0 aliphatic carbocycles. The van der Waals surface area contributed by atoms with Gasteiger partial charge < -0.3 is 0 Å². The van der Waals surface area contributed by atoms with E-state index < -0.39 is 0 Å². The van der Waals surface area contributed by atoms with E-state index in [1.165, 1.54) is 11.3 Å². The molecule has 116 valence electrons. The van der Waals surface area contributed by atoms with Crippen LogP contribution >= 0.6 is 34.5 Å². The van der Waals surface area contributed by atoms with Crippen LogP contribution in [0.3, 0.4) is 0 Å². The van der Waals surface area contributed by atoms with E-state index >= 15 is 0 Å². The minimum absolute atomic E-state index is 0.332. The van der Waals surface area contributed by atoms with Crippen LogP contribution in [0.1, 0.15) is 15.9 Å². The molecule has 1 N–H and O–H groups in total. The van der Waals surface area contributed by atoms with Gasteiger partial charge in [-0.2, -0.15) is 0 Å². The van der Waals surface area contributed by atoms with Crippen molar-refractivity contribution in [3.8, 4) is 10.6 Å². The molecule has 0 spiro atoms. The van der Waals surface area contributed by atoms with Crippen LogP contribution in [0, 0.1) is 6.92 Å². The van der Waals surface area contributed by atoms with E-state index in [0.717, 1.165) is 16.1 Å². The van der Waals surface area contributed by atoms with E-state index in [1.54, 1.807) is 18.2 Å². The first-order valence-corrected chi connectivity index (χ1v) is 8.27. The Labute approximate surface area is 147 Å². The number of nitrogens with one attached hydrogen (secondary N) is 1. The molecule has 3 aromatic rings. The molecule has 0 saturated carbocycles. The van der Waals surface area contributed by atoms with Gasteiger partial charge in [0, 0.05) is 21.2 Å². The number of carbonyl (C=O) groups excluding carboxylic acids is 1. The molecule has 0 unspecified atom stereocenters. The van der Waals surface area contributed by atoms with Gasteiger partial charge in [0.15, 0.2) is 0 Å². The van der Waals surface area contributed by atoms with E-state index in [4.69, 9.17) is 23.2 Å². The predicted molar refractivity (Wildman–Crippen MR) is 94.5 cm³/mol. The average Bonchev–Trinajstić information content (AvgIpc) is 2.95. The summed E-state index contributed by atoms with van der Waals surface area (Å²) in [5, 5.41) is 12.8. The van der Waals surface area contributed by atoms with Crippen molar-refractivity contribution in [3.63, 3.8) is 0 Å². The first-order valence-electron chi connectivity index (χ1n) is 6.70. The minimum Gasteiger partial charge on any atom is -0.296 e. The fourth-order valence-corrected chi connectivity index (χ4v) is 3.40. The SMILES string of the molecule is Cc1ccccc1-c1nnc(NC(=O)c2cc(Cl)cc(Cl)c2)s1. The quantitative estimate of drug-likeness (QED) is 0.706. The summed E-state index contributed by atoms with van der Waals surface area (Å²) in [6, 6.07) is 12.5. The van der Waals surface area contributed by atoms with Crippen molar-refractivity contribution in [3.05, 3.63) is 63.6 Å². The molecule has 0 bridgehead atoms. The highest BCUT2D eigenvalue weighted by Crippen LogP contribution is 2.29. The molecular weight excluding hydrogens is 353 g/mol. The number of aryl methyl sites for hydroxylation is 1. The molecule has 0 aliphatic heterocycles. The molecule has 1 heterocycles. The zero-order chi connectivity index (χ0) is 16.4. The van der Waals surface area contributed by atoms with Crippen molar-refractivity contribution in [2.24, 2.45) is 0 Å². The summed E-state index contributed by atoms with van der Waals surface area (Å²) in [5.41, 5.74) is 2.47. The maximum atomic E-state index is 12.2. The van der Waals surface area contributed by atoms with Gasteiger partial charge in [-0.1, -0.05) is 58.8 Å². The number of rotatable bonds is 3. The fraction of sp³-hybridized carbons (Fsp3) is 0.0625. The molecule has 7 heteroatoms. The maximum Gasteiger partial charge on any atom is 0.257 e. The number of aromatic nitrogens is 2. The van der Waals surface area contributed by atoms with Crippen molar-refractivity contribution in [2.45, 2.75) is 6.92 Å². The van der Waals surface area contributed by atoms with Gasteiger partial charge in [0.2, 0.25) is 5.13 Å². The zero-order valence-electron chi connectivity index (χ0n) is 12.0. The monoisotopic (exact) mass is 363 g/mol. The van der Waals surface area contributed by atoms with E-state index in [-0.39, 0.29) is 5.91 Å². The molecule has 2 aromatic carbocycles. The Bertz CT molecular complexity index is 859. The largest absolute Gasteiger partial charge is 0.296 e. The fourth-order valence-electron chi connectivity index (χ4n) is 2.05. The Kier molecular flexibility index (Phi) is 4.61. The second-order valence-electron chi connectivity index (χ2n) is 4.84. The van der Waals surface area contributed by atoms with Gasteiger partial charge in [0.05, 0.1) is 0 Å². The van der Waals surface area contributed by atoms with E-state index in [9.17, 15) is 4.79 Å².